The van der Waals surface area contributed by atoms with E-state index in [0.717, 1.165) is 54.3 Å². The molecule has 4 rings (SSSR count). The normalized spacial score (nSPS) is 15.1. The van der Waals surface area contributed by atoms with Crippen LogP contribution >= 0.6 is 0 Å². The number of nitrogens with one attached hydrogen (secondary N) is 1. The Morgan fingerprint density at radius 2 is 1.93 bits per heavy atom. The van der Waals surface area contributed by atoms with Gasteiger partial charge in [-0.25, -0.2) is 4.98 Å². The molecule has 0 aromatic carbocycles. The lowest BCUT2D eigenvalue weighted by Crippen LogP contribution is -2.33. The summed E-state index contributed by atoms with van der Waals surface area (Å²) in [4.78, 5) is 19.9. The van der Waals surface area contributed by atoms with Crippen molar-refractivity contribution in [3.8, 4) is 0 Å². The fourth-order valence-corrected chi connectivity index (χ4v) is 3.76. The largest absolute Gasteiger partial charge is 0.360 e. The van der Waals surface area contributed by atoms with Crippen molar-refractivity contribution in [2.75, 3.05) is 13.1 Å². The number of aryl methyl sites for hydroxylation is 2. The first-order valence-corrected chi connectivity index (χ1v) is 10.0. The second-order valence-electron chi connectivity index (χ2n) is 7.58. The maximum Gasteiger partial charge on any atom is 0.274 e. The molecule has 7 heteroatoms. The Kier molecular flexibility index (Phi) is 5.43. The Hall–Kier alpha value is -2.67. The number of rotatable bonds is 5. The number of fused-ring (bicyclic) bond motifs is 1. The first-order valence-electron chi connectivity index (χ1n) is 10.0. The second-order valence-corrected chi connectivity index (χ2v) is 7.58. The van der Waals surface area contributed by atoms with Crippen LogP contribution in [0.25, 0.3) is 5.65 Å². The van der Waals surface area contributed by atoms with Crippen molar-refractivity contribution in [2.45, 2.75) is 52.6 Å². The van der Waals surface area contributed by atoms with Crippen molar-refractivity contribution in [1.82, 2.24) is 24.8 Å². The van der Waals surface area contributed by atoms with Crippen molar-refractivity contribution in [1.29, 1.82) is 0 Å². The number of nitrogens with zero attached hydrogens (tertiary/aromatic N) is 4. The van der Waals surface area contributed by atoms with Gasteiger partial charge in [0.05, 0.1) is 17.9 Å². The summed E-state index contributed by atoms with van der Waals surface area (Å²) in [6.45, 7) is 6.65. The number of pyridine rings is 1. The van der Waals surface area contributed by atoms with Gasteiger partial charge in [-0.2, -0.15) is 0 Å². The minimum Gasteiger partial charge on any atom is -0.360 e. The lowest BCUT2D eigenvalue weighted by atomic mass is 10.2. The van der Waals surface area contributed by atoms with Gasteiger partial charge in [0, 0.05) is 31.9 Å². The van der Waals surface area contributed by atoms with Crippen molar-refractivity contribution >= 4 is 11.6 Å². The van der Waals surface area contributed by atoms with Crippen LogP contribution in [0.3, 0.4) is 0 Å². The minimum atomic E-state index is 0.0376. The maximum atomic E-state index is 13.3. The molecule has 1 saturated heterocycles. The summed E-state index contributed by atoms with van der Waals surface area (Å²) < 4.78 is 7.27. The van der Waals surface area contributed by atoms with E-state index in [1.54, 1.807) is 0 Å². The number of likely N-dealkylation sites (tertiary alicyclic amines) is 1. The Balaban J connectivity index is 1.60. The molecule has 0 spiro atoms. The zero-order chi connectivity index (χ0) is 19.5. The highest BCUT2D eigenvalue weighted by atomic mass is 16.5. The van der Waals surface area contributed by atoms with Crippen molar-refractivity contribution in [2.24, 2.45) is 0 Å². The van der Waals surface area contributed by atoms with E-state index in [2.05, 4.69) is 10.5 Å². The highest BCUT2D eigenvalue weighted by Gasteiger charge is 2.24. The van der Waals surface area contributed by atoms with E-state index < -0.39 is 0 Å². The van der Waals surface area contributed by atoms with Crippen molar-refractivity contribution in [3.05, 3.63) is 52.8 Å². The lowest BCUT2D eigenvalue weighted by molar-refractivity contribution is 0.0755. The molecule has 1 amide bonds. The third kappa shape index (κ3) is 3.94. The van der Waals surface area contributed by atoms with Crippen LogP contribution in [0.5, 0.6) is 0 Å². The molecule has 148 valence electrons. The van der Waals surface area contributed by atoms with Gasteiger partial charge in [-0.05, 0) is 44.4 Å². The van der Waals surface area contributed by atoms with Gasteiger partial charge in [0.15, 0.2) is 11.5 Å². The molecule has 3 aromatic rings. The van der Waals surface area contributed by atoms with E-state index in [9.17, 15) is 4.79 Å². The second kappa shape index (κ2) is 8.14. The molecule has 28 heavy (non-hydrogen) atoms. The molecule has 7 nitrogen and oxygen atoms in total. The van der Waals surface area contributed by atoms with Crippen LogP contribution < -0.4 is 5.32 Å². The summed E-state index contributed by atoms with van der Waals surface area (Å²) in [6.07, 6.45) is 6.51. The Labute approximate surface area is 164 Å². The summed E-state index contributed by atoms with van der Waals surface area (Å²) in [5, 5.41) is 7.28. The van der Waals surface area contributed by atoms with Gasteiger partial charge in [0.1, 0.15) is 5.65 Å². The molecular formula is C21H27N5O2. The van der Waals surface area contributed by atoms with Crippen LogP contribution in [0, 0.1) is 13.8 Å². The highest BCUT2D eigenvalue weighted by Crippen LogP contribution is 2.19. The van der Waals surface area contributed by atoms with Crippen LogP contribution in [-0.2, 0) is 13.1 Å². The van der Waals surface area contributed by atoms with Crippen LogP contribution in [0.15, 0.2) is 28.9 Å². The predicted molar refractivity (Wildman–Crippen MR) is 106 cm³/mol. The summed E-state index contributed by atoms with van der Waals surface area (Å²) in [7, 11) is 0. The fourth-order valence-electron chi connectivity index (χ4n) is 3.76. The zero-order valence-corrected chi connectivity index (χ0v) is 16.6. The van der Waals surface area contributed by atoms with Crippen LogP contribution in [0.1, 0.15) is 58.9 Å². The molecule has 1 fully saturated rings. The van der Waals surface area contributed by atoms with E-state index in [0.29, 0.717) is 18.8 Å². The quantitative estimate of drug-likeness (QED) is 0.734. The summed E-state index contributed by atoms with van der Waals surface area (Å²) in [5.74, 6) is 0.818. The summed E-state index contributed by atoms with van der Waals surface area (Å²) in [5.41, 5.74) is 4.24. The lowest BCUT2D eigenvalue weighted by Gasteiger charge is -2.19. The van der Waals surface area contributed by atoms with Gasteiger partial charge < -0.3 is 19.1 Å². The first-order chi connectivity index (χ1) is 13.6. The van der Waals surface area contributed by atoms with Gasteiger partial charge >= 0.3 is 0 Å². The zero-order valence-electron chi connectivity index (χ0n) is 16.6. The summed E-state index contributed by atoms with van der Waals surface area (Å²) in [6, 6.07) is 5.97. The average Bonchev–Trinajstić information content (AvgIpc) is 3.13. The molecular weight excluding hydrogens is 354 g/mol. The van der Waals surface area contributed by atoms with Crippen molar-refractivity contribution < 1.29 is 9.32 Å². The van der Waals surface area contributed by atoms with Gasteiger partial charge in [0.2, 0.25) is 0 Å². The van der Waals surface area contributed by atoms with E-state index in [-0.39, 0.29) is 5.91 Å². The Bertz CT molecular complexity index is 966. The third-order valence-corrected chi connectivity index (χ3v) is 5.24. The molecule has 0 aliphatic carbocycles. The molecule has 1 N–H and O–H groups in total. The Morgan fingerprint density at radius 1 is 1.14 bits per heavy atom. The van der Waals surface area contributed by atoms with Gasteiger partial charge in [-0.15, -0.1) is 0 Å². The molecule has 0 saturated carbocycles. The van der Waals surface area contributed by atoms with Crippen LogP contribution in [0.4, 0.5) is 0 Å². The molecule has 4 heterocycles. The molecule has 0 radical (unpaired) electrons. The molecule has 1 aliphatic rings. The van der Waals surface area contributed by atoms with Gasteiger partial charge in [-0.3, -0.25) is 4.79 Å². The Morgan fingerprint density at radius 3 is 2.64 bits per heavy atom. The van der Waals surface area contributed by atoms with E-state index in [4.69, 9.17) is 9.51 Å². The minimum absolute atomic E-state index is 0.0376. The molecule has 0 unspecified atom stereocenters. The number of amides is 1. The van der Waals surface area contributed by atoms with Crippen molar-refractivity contribution in [3.63, 3.8) is 0 Å². The van der Waals surface area contributed by atoms with E-state index >= 15 is 0 Å². The number of hydrogen-bond donors (Lipinski definition) is 1. The fraction of sp³-hybridized carbons (Fsp3) is 0.476. The monoisotopic (exact) mass is 381 g/mol. The van der Waals surface area contributed by atoms with Crippen LogP contribution in [0.2, 0.25) is 0 Å². The van der Waals surface area contributed by atoms with Gasteiger partial charge in [0.25, 0.3) is 5.91 Å². The smallest absolute Gasteiger partial charge is 0.274 e. The predicted octanol–water partition coefficient (Wildman–Crippen LogP) is 3.25. The highest BCUT2D eigenvalue weighted by molar-refractivity contribution is 5.94. The number of aromatic nitrogens is 3. The van der Waals surface area contributed by atoms with E-state index in [1.807, 2.05) is 47.5 Å². The SMILES string of the molecule is Cc1ccn2c(CNCc3cc(C)no3)c(C(=O)N3CCCCCC3)nc2c1. The topological polar surface area (TPSA) is 75.7 Å². The van der Waals surface area contributed by atoms with E-state index in [1.165, 1.54) is 12.8 Å². The maximum absolute atomic E-state index is 13.3. The van der Waals surface area contributed by atoms with Crippen LogP contribution in [-0.4, -0.2) is 38.4 Å². The molecule has 1 aliphatic heterocycles. The number of imidazole rings is 1. The summed E-state index contributed by atoms with van der Waals surface area (Å²) >= 11 is 0. The standard InChI is InChI=1S/C21H27N5O2/c1-15-7-10-26-18(14-22-13-17-12-16(2)24-28-17)20(23-19(26)11-15)21(27)25-8-5-3-4-6-9-25/h7,10-12,22H,3-6,8-9,13-14H2,1-2H3. The van der Waals surface area contributed by atoms with Gasteiger partial charge in [-0.1, -0.05) is 18.0 Å². The third-order valence-electron chi connectivity index (χ3n) is 5.24. The number of carbonyl (C=O) groups excluding carboxylic acids is 1. The average molecular weight is 381 g/mol. The molecule has 0 atom stereocenters. The first kappa shape index (κ1) is 18.7. The number of carbonyl (C=O) groups is 1. The molecule has 0 bridgehead atoms. The number of hydrogen-bond acceptors (Lipinski definition) is 5. The molecule has 3 aromatic heterocycles.